The molecule has 14 heavy (non-hydrogen) atoms. The molecular formula is C11H14ClNS. The molecule has 76 valence electrons. The van der Waals surface area contributed by atoms with E-state index >= 15 is 0 Å². The maximum atomic E-state index is 6.10. The van der Waals surface area contributed by atoms with Crippen molar-refractivity contribution in [3.8, 4) is 0 Å². The van der Waals surface area contributed by atoms with Crippen molar-refractivity contribution in [2.45, 2.75) is 29.7 Å². The van der Waals surface area contributed by atoms with E-state index in [9.17, 15) is 0 Å². The van der Waals surface area contributed by atoms with Crippen LogP contribution in [0.1, 0.15) is 18.4 Å². The van der Waals surface area contributed by atoms with Gasteiger partial charge in [-0.25, -0.2) is 0 Å². The second kappa shape index (κ2) is 3.76. The minimum Gasteiger partial charge on any atom is -0.325 e. The van der Waals surface area contributed by atoms with E-state index in [0.717, 1.165) is 24.3 Å². The minimum atomic E-state index is 0.0646. The molecule has 1 fully saturated rings. The highest BCUT2D eigenvalue weighted by Crippen LogP contribution is 2.38. The van der Waals surface area contributed by atoms with Gasteiger partial charge in [0.1, 0.15) is 0 Å². The summed E-state index contributed by atoms with van der Waals surface area (Å²) in [5.41, 5.74) is 7.46. The molecule has 3 heteroatoms. The van der Waals surface area contributed by atoms with E-state index in [1.807, 2.05) is 12.1 Å². The fraction of sp³-hybridized carbons (Fsp3) is 0.455. The fourth-order valence-electron chi connectivity index (χ4n) is 1.60. The number of nitrogens with two attached hydrogens (primary N) is 1. The van der Waals surface area contributed by atoms with Crippen molar-refractivity contribution >= 4 is 23.4 Å². The van der Waals surface area contributed by atoms with Gasteiger partial charge in [0, 0.05) is 15.5 Å². The number of thioether (sulfide) groups is 1. The smallest absolute Gasteiger partial charge is 0.0409 e. The zero-order valence-electron chi connectivity index (χ0n) is 8.22. The molecule has 1 aliphatic rings. The van der Waals surface area contributed by atoms with Crippen LogP contribution in [-0.4, -0.2) is 11.8 Å². The Hall–Kier alpha value is -0.180. The molecule has 2 N–H and O–H groups in total. The van der Waals surface area contributed by atoms with E-state index in [1.165, 1.54) is 10.5 Å². The SMILES string of the molecule is CSc1ccc(Cl)cc1CC1(N)CC1. The van der Waals surface area contributed by atoms with Crippen LogP contribution in [0.3, 0.4) is 0 Å². The lowest BCUT2D eigenvalue weighted by Gasteiger charge is -2.12. The molecule has 1 nitrogen and oxygen atoms in total. The fourth-order valence-corrected chi connectivity index (χ4v) is 2.39. The largest absolute Gasteiger partial charge is 0.325 e. The molecule has 1 aromatic carbocycles. The third-order valence-electron chi connectivity index (χ3n) is 2.68. The molecule has 0 radical (unpaired) electrons. The van der Waals surface area contributed by atoms with Gasteiger partial charge < -0.3 is 5.73 Å². The van der Waals surface area contributed by atoms with E-state index in [4.69, 9.17) is 17.3 Å². The summed E-state index contributed by atoms with van der Waals surface area (Å²) in [7, 11) is 0. The minimum absolute atomic E-state index is 0.0646. The third kappa shape index (κ3) is 2.25. The number of hydrogen-bond donors (Lipinski definition) is 1. The zero-order chi connectivity index (χ0) is 10.2. The Bertz CT molecular complexity index is 347. The molecule has 0 amide bonds. The van der Waals surface area contributed by atoms with E-state index in [-0.39, 0.29) is 5.54 Å². The topological polar surface area (TPSA) is 26.0 Å². The molecule has 0 spiro atoms. The van der Waals surface area contributed by atoms with Crippen molar-refractivity contribution in [2.75, 3.05) is 6.26 Å². The third-order valence-corrected chi connectivity index (χ3v) is 3.75. The molecule has 1 aromatic rings. The quantitative estimate of drug-likeness (QED) is 0.804. The molecule has 1 saturated carbocycles. The summed E-state index contributed by atoms with van der Waals surface area (Å²) >= 11 is 7.73. The number of halogens is 1. The summed E-state index contributed by atoms with van der Waals surface area (Å²) in [6.07, 6.45) is 5.34. The predicted molar refractivity (Wildman–Crippen MR) is 63.1 cm³/mol. The molecule has 0 unspecified atom stereocenters. The van der Waals surface area contributed by atoms with Crippen LogP contribution < -0.4 is 5.73 Å². The standard InChI is InChI=1S/C11H14ClNS/c1-14-10-3-2-9(12)6-8(10)7-11(13)4-5-11/h2-3,6H,4-5,7,13H2,1H3. The summed E-state index contributed by atoms with van der Waals surface area (Å²) in [6.45, 7) is 0. The molecule has 0 heterocycles. The predicted octanol–water partition coefficient (Wildman–Crippen LogP) is 3.10. The van der Waals surface area contributed by atoms with Crippen LogP contribution in [0.4, 0.5) is 0 Å². The van der Waals surface area contributed by atoms with E-state index in [1.54, 1.807) is 11.8 Å². The highest BCUT2D eigenvalue weighted by molar-refractivity contribution is 7.98. The highest BCUT2D eigenvalue weighted by Gasteiger charge is 2.38. The van der Waals surface area contributed by atoms with Crippen LogP contribution >= 0.6 is 23.4 Å². The summed E-state index contributed by atoms with van der Waals surface area (Å²) in [5, 5.41) is 0.807. The first-order valence-electron chi connectivity index (χ1n) is 4.74. The Morgan fingerprint density at radius 2 is 2.21 bits per heavy atom. The van der Waals surface area contributed by atoms with Crippen LogP contribution in [0, 0.1) is 0 Å². The summed E-state index contributed by atoms with van der Waals surface area (Å²) < 4.78 is 0. The highest BCUT2D eigenvalue weighted by atomic mass is 35.5. The average Bonchev–Trinajstić information content (AvgIpc) is 2.84. The van der Waals surface area contributed by atoms with Gasteiger partial charge in [0.15, 0.2) is 0 Å². The molecule has 0 aromatic heterocycles. The lowest BCUT2D eigenvalue weighted by Crippen LogP contribution is -2.24. The Morgan fingerprint density at radius 3 is 2.79 bits per heavy atom. The van der Waals surface area contributed by atoms with Gasteiger partial charge >= 0.3 is 0 Å². The second-order valence-corrected chi connectivity index (χ2v) is 5.28. The maximum absolute atomic E-state index is 6.10. The van der Waals surface area contributed by atoms with Gasteiger partial charge in [-0.05, 0) is 49.3 Å². The van der Waals surface area contributed by atoms with Gasteiger partial charge in [-0.1, -0.05) is 11.6 Å². The molecule has 2 rings (SSSR count). The van der Waals surface area contributed by atoms with Gasteiger partial charge in [-0.2, -0.15) is 0 Å². The van der Waals surface area contributed by atoms with Crippen molar-refractivity contribution in [3.63, 3.8) is 0 Å². The summed E-state index contributed by atoms with van der Waals surface area (Å²) in [6, 6.07) is 6.06. The number of benzene rings is 1. The summed E-state index contributed by atoms with van der Waals surface area (Å²) in [4.78, 5) is 1.30. The van der Waals surface area contributed by atoms with E-state index in [2.05, 4.69) is 12.3 Å². The average molecular weight is 228 g/mol. The first kappa shape index (κ1) is 10.3. The van der Waals surface area contributed by atoms with Crippen molar-refractivity contribution in [1.29, 1.82) is 0 Å². The lowest BCUT2D eigenvalue weighted by atomic mass is 10.1. The van der Waals surface area contributed by atoms with Crippen LogP contribution in [-0.2, 0) is 6.42 Å². The molecule has 0 atom stereocenters. The first-order valence-corrected chi connectivity index (χ1v) is 6.34. The normalized spacial score (nSPS) is 18.2. The Morgan fingerprint density at radius 1 is 1.50 bits per heavy atom. The van der Waals surface area contributed by atoms with Crippen LogP contribution in [0.25, 0.3) is 0 Å². The van der Waals surface area contributed by atoms with Crippen molar-refractivity contribution in [3.05, 3.63) is 28.8 Å². The van der Waals surface area contributed by atoms with Gasteiger partial charge in [-0.3, -0.25) is 0 Å². The van der Waals surface area contributed by atoms with Crippen molar-refractivity contribution in [1.82, 2.24) is 0 Å². The number of hydrogen-bond acceptors (Lipinski definition) is 2. The second-order valence-electron chi connectivity index (χ2n) is 4.00. The first-order chi connectivity index (χ1) is 6.63. The number of rotatable bonds is 3. The van der Waals surface area contributed by atoms with Gasteiger partial charge in [0.25, 0.3) is 0 Å². The molecule has 1 aliphatic carbocycles. The van der Waals surface area contributed by atoms with Crippen molar-refractivity contribution < 1.29 is 0 Å². The van der Waals surface area contributed by atoms with E-state index < -0.39 is 0 Å². The molecule has 0 saturated heterocycles. The zero-order valence-corrected chi connectivity index (χ0v) is 9.79. The maximum Gasteiger partial charge on any atom is 0.0409 e. The molecule has 0 aliphatic heterocycles. The Balaban J connectivity index is 2.25. The monoisotopic (exact) mass is 227 g/mol. The van der Waals surface area contributed by atoms with Gasteiger partial charge in [-0.15, -0.1) is 11.8 Å². The van der Waals surface area contributed by atoms with E-state index in [0.29, 0.717) is 0 Å². The van der Waals surface area contributed by atoms with Crippen LogP contribution in [0.15, 0.2) is 23.1 Å². The molecule has 0 bridgehead atoms. The Labute approximate surface area is 94.0 Å². The lowest BCUT2D eigenvalue weighted by molar-refractivity contribution is 0.665. The Kier molecular flexibility index (Phi) is 2.78. The van der Waals surface area contributed by atoms with Crippen LogP contribution in [0.2, 0.25) is 5.02 Å². The van der Waals surface area contributed by atoms with Crippen molar-refractivity contribution in [2.24, 2.45) is 5.73 Å². The summed E-state index contributed by atoms with van der Waals surface area (Å²) in [5.74, 6) is 0. The molecular weight excluding hydrogens is 214 g/mol. The van der Waals surface area contributed by atoms with Crippen LogP contribution in [0.5, 0.6) is 0 Å². The van der Waals surface area contributed by atoms with Gasteiger partial charge in [0.2, 0.25) is 0 Å². The van der Waals surface area contributed by atoms with Gasteiger partial charge in [0.05, 0.1) is 0 Å².